The Morgan fingerprint density at radius 3 is 2.93 bits per heavy atom. The summed E-state index contributed by atoms with van der Waals surface area (Å²) in [5.74, 6) is -0.135. The molecule has 0 amide bonds. The van der Waals surface area contributed by atoms with Crippen LogP contribution in [-0.2, 0) is 4.79 Å². The van der Waals surface area contributed by atoms with Gasteiger partial charge in [-0.3, -0.25) is 14.7 Å². The second kappa shape index (κ2) is 7.13. The Hall–Kier alpha value is -2.70. The number of thioether (sulfide) groups is 1. The molecular weight excluding hydrogens is 380 g/mol. The van der Waals surface area contributed by atoms with Crippen molar-refractivity contribution >= 4 is 34.0 Å². The minimum absolute atomic E-state index is 0.0463. The quantitative estimate of drug-likeness (QED) is 0.789. The van der Waals surface area contributed by atoms with Gasteiger partial charge in [0.05, 0.1) is 17.6 Å². The van der Waals surface area contributed by atoms with Crippen LogP contribution in [0.5, 0.6) is 0 Å². The topological polar surface area (TPSA) is 109 Å². The van der Waals surface area contributed by atoms with Crippen LogP contribution < -0.4 is 10.6 Å². The van der Waals surface area contributed by atoms with Crippen LogP contribution in [0.1, 0.15) is 30.7 Å². The summed E-state index contributed by atoms with van der Waals surface area (Å²) in [5.41, 5.74) is 9.03. The maximum Gasteiger partial charge on any atom is 0.219 e. The smallest absolute Gasteiger partial charge is 0.219 e. The maximum absolute atomic E-state index is 12.9. The van der Waals surface area contributed by atoms with Crippen LogP contribution >= 0.6 is 23.1 Å². The van der Waals surface area contributed by atoms with Gasteiger partial charge in [-0.25, -0.2) is 0 Å². The molecule has 2 aromatic rings. The molecule has 27 heavy (non-hydrogen) atoms. The number of carbonyl (C=O) groups excluding carboxylic acids is 1. The molecule has 0 radical (unpaired) electrons. The standard InChI is InChI=1S/C18H16N6OS2/c1-26-18-23-22-17(27-18)24-12-5-2-6-13(25)15(12)14(11(8-19)16(24)20)10-4-3-7-21-9-10/h3-4,7,9,14H,2,5-6,20H2,1H3. The molecule has 0 bridgehead atoms. The van der Waals surface area contributed by atoms with Crippen LogP contribution in [0.15, 0.2) is 51.5 Å². The van der Waals surface area contributed by atoms with Crippen molar-refractivity contribution in [2.24, 2.45) is 5.73 Å². The first-order chi connectivity index (χ1) is 13.2. The molecule has 1 atom stereocenters. The summed E-state index contributed by atoms with van der Waals surface area (Å²) in [6.45, 7) is 0. The molecule has 7 nitrogen and oxygen atoms in total. The lowest BCUT2D eigenvalue weighted by molar-refractivity contribution is -0.116. The first-order valence-electron chi connectivity index (χ1n) is 8.39. The molecule has 136 valence electrons. The molecule has 0 saturated heterocycles. The van der Waals surface area contributed by atoms with Crippen molar-refractivity contribution in [2.45, 2.75) is 29.5 Å². The van der Waals surface area contributed by atoms with Crippen LogP contribution in [0.2, 0.25) is 0 Å². The highest BCUT2D eigenvalue weighted by molar-refractivity contribution is 8.00. The van der Waals surface area contributed by atoms with Crippen molar-refractivity contribution in [2.75, 3.05) is 11.2 Å². The monoisotopic (exact) mass is 396 g/mol. The molecule has 0 fully saturated rings. The third-order valence-electron chi connectivity index (χ3n) is 4.69. The van der Waals surface area contributed by atoms with Gasteiger partial charge < -0.3 is 5.73 Å². The summed E-state index contributed by atoms with van der Waals surface area (Å²) in [5, 5.41) is 18.8. The number of nitrogens with zero attached hydrogens (tertiary/aromatic N) is 5. The summed E-state index contributed by atoms with van der Waals surface area (Å²) in [6.07, 6.45) is 7.19. The van der Waals surface area contributed by atoms with Crippen LogP contribution in [0.4, 0.5) is 5.13 Å². The number of nitrogens with two attached hydrogens (primary N) is 1. The van der Waals surface area contributed by atoms with Gasteiger partial charge in [0.15, 0.2) is 10.1 Å². The number of nitriles is 1. The van der Waals surface area contributed by atoms with E-state index in [1.807, 2.05) is 12.3 Å². The van der Waals surface area contributed by atoms with Gasteiger partial charge in [-0.05, 0) is 30.7 Å². The predicted octanol–water partition coefficient (Wildman–Crippen LogP) is 2.96. The van der Waals surface area contributed by atoms with Gasteiger partial charge in [-0.15, -0.1) is 10.2 Å². The number of rotatable bonds is 3. The molecule has 0 saturated carbocycles. The fraction of sp³-hybridized carbons (Fsp3) is 0.278. The minimum atomic E-state index is -0.490. The normalized spacial score (nSPS) is 19.9. The van der Waals surface area contributed by atoms with Gasteiger partial charge >= 0.3 is 0 Å². The number of Topliss-reactive ketones (excluding diaryl/α,β-unsaturated/α-hetero) is 1. The zero-order valence-electron chi connectivity index (χ0n) is 14.5. The highest BCUT2D eigenvalue weighted by atomic mass is 32.2. The van der Waals surface area contributed by atoms with Gasteiger partial charge in [0.25, 0.3) is 0 Å². The van der Waals surface area contributed by atoms with Crippen LogP contribution in [-0.4, -0.2) is 27.2 Å². The van der Waals surface area contributed by atoms with Crippen molar-refractivity contribution < 1.29 is 4.79 Å². The van der Waals surface area contributed by atoms with E-state index < -0.39 is 5.92 Å². The molecule has 1 aliphatic heterocycles. The Morgan fingerprint density at radius 1 is 1.41 bits per heavy atom. The molecule has 9 heteroatoms. The van der Waals surface area contributed by atoms with Crippen molar-refractivity contribution in [3.05, 3.63) is 52.8 Å². The van der Waals surface area contributed by atoms with E-state index in [0.717, 1.165) is 22.0 Å². The molecule has 2 N–H and O–H groups in total. The Kier molecular flexibility index (Phi) is 4.68. The first-order valence-corrected chi connectivity index (χ1v) is 10.4. The van der Waals surface area contributed by atoms with E-state index in [1.165, 1.54) is 23.1 Å². The second-order valence-corrected chi connectivity index (χ2v) is 8.17. The lowest BCUT2D eigenvalue weighted by Crippen LogP contribution is -2.38. The van der Waals surface area contributed by atoms with Gasteiger partial charge in [0, 0.05) is 30.1 Å². The van der Waals surface area contributed by atoms with Crippen LogP contribution in [0.3, 0.4) is 0 Å². The second-order valence-electron chi connectivity index (χ2n) is 6.16. The fourth-order valence-corrected chi connectivity index (χ4v) is 4.86. The zero-order valence-corrected chi connectivity index (χ0v) is 16.2. The molecule has 1 unspecified atom stereocenters. The Morgan fingerprint density at radius 2 is 2.26 bits per heavy atom. The number of carbonyl (C=O) groups is 1. The largest absolute Gasteiger partial charge is 0.384 e. The molecule has 3 heterocycles. The van der Waals surface area contributed by atoms with Crippen molar-refractivity contribution in [3.8, 4) is 6.07 Å². The highest BCUT2D eigenvalue weighted by Crippen LogP contribution is 2.46. The lowest BCUT2D eigenvalue weighted by Gasteiger charge is -2.37. The number of aromatic nitrogens is 3. The molecule has 1 aliphatic carbocycles. The van der Waals surface area contributed by atoms with Crippen molar-refractivity contribution in [1.82, 2.24) is 15.2 Å². The van der Waals surface area contributed by atoms with E-state index in [9.17, 15) is 10.1 Å². The van der Waals surface area contributed by atoms with Gasteiger partial charge in [-0.2, -0.15) is 5.26 Å². The van der Waals surface area contributed by atoms with Crippen molar-refractivity contribution in [3.63, 3.8) is 0 Å². The first kappa shape index (κ1) is 17.7. The SMILES string of the molecule is CSc1nnc(N2C(N)=C(C#N)C(c3cccnc3)C3=C2CCCC3=O)s1. The summed E-state index contributed by atoms with van der Waals surface area (Å²) in [4.78, 5) is 18.8. The summed E-state index contributed by atoms with van der Waals surface area (Å²) in [6, 6.07) is 5.90. The van der Waals surface area contributed by atoms with Crippen molar-refractivity contribution in [1.29, 1.82) is 5.26 Å². The van der Waals surface area contributed by atoms with E-state index in [2.05, 4.69) is 21.3 Å². The molecule has 0 aromatic carbocycles. The highest BCUT2D eigenvalue weighted by Gasteiger charge is 2.41. The Bertz CT molecular complexity index is 1000. The van der Waals surface area contributed by atoms with Crippen LogP contribution in [0.25, 0.3) is 0 Å². The number of allylic oxidation sites excluding steroid dienone is 3. The average Bonchev–Trinajstić information content (AvgIpc) is 3.16. The number of ketones is 1. The summed E-state index contributed by atoms with van der Waals surface area (Å²) < 4.78 is 0.801. The van der Waals surface area contributed by atoms with E-state index in [0.29, 0.717) is 34.9 Å². The van der Waals surface area contributed by atoms with E-state index in [1.54, 1.807) is 23.4 Å². The molecule has 0 spiro atoms. The van der Waals surface area contributed by atoms with Crippen LogP contribution in [0, 0.1) is 11.3 Å². The van der Waals surface area contributed by atoms with Gasteiger partial charge in [-0.1, -0.05) is 29.2 Å². The lowest BCUT2D eigenvalue weighted by atomic mass is 9.76. The zero-order chi connectivity index (χ0) is 19.0. The summed E-state index contributed by atoms with van der Waals surface area (Å²) >= 11 is 2.89. The Labute approximate surface area is 164 Å². The number of anilines is 1. The molecule has 2 aromatic heterocycles. The minimum Gasteiger partial charge on any atom is -0.384 e. The summed E-state index contributed by atoms with van der Waals surface area (Å²) in [7, 11) is 0. The molecular formula is C18H16N6OS2. The maximum atomic E-state index is 12.9. The average molecular weight is 397 g/mol. The van der Waals surface area contributed by atoms with Gasteiger partial charge in [0.1, 0.15) is 5.82 Å². The van der Waals surface area contributed by atoms with E-state index >= 15 is 0 Å². The molecule has 4 rings (SSSR count). The van der Waals surface area contributed by atoms with E-state index in [4.69, 9.17) is 5.73 Å². The van der Waals surface area contributed by atoms with Gasteiger partial charge in [0.2, 0.25) is 5.13 Å². The molecule has 2 aliphatic rings. The van der Waals surface area contributed by atoms with E-state index in [-0.39, 0.29) is 5.78 Å². The third kappa shape index (κ3) is 2.91. The predicted molar refractivity (Wildman–Crippen MR) is 104 cm³/mol. The third-order valence-corrected chi connectivity index (χ3v) is 6.58. The number of hydrogen-bond acceptors (Lipinski definition) is 9. The fourth-order valence-electron chi connectivity index (χ4n) is 3.56. The number of hydrogen-bond donors (Lipinski definition) is 1. The Balaban J connectivity index is 1.95. The number of pyridine rings is 1.